The third kappa shape index (κ3) is 4.46. The van der Waals surface area contributed by atoms with Gasteiger partial charge in [0.15, 0.2) is 0 Å². The molecule has 1 N–H and O–H groups in total. The number of ketones is 1. The van der Waals surface area contributed by atoms with Crippen LogP contribution in [0.25, 0.3) is 5.76 Å². The number of benzene rings is 3. The fraction of sp³-hybridized carbons (Fsp3) is 0.148. The van der Waals surface area contributed by atoms with Crippen molar-refractivity contribution in [3.63, 3.8) is 0 Å². The number of rotatable bonds is 6. The number of carbonyl (C=O) groups excluding carboxylic acids is 3. The van der Waals surface area contributed by atoms with Crippen molar-refractivity contribution in [3.8, 4) is 17.2 Å². The van der Waals surface area contributed by atoms with Gasteiger partial charge in [-0.15, -0.1) is 0 Å². The number of aliphatic hydroxyl groups is 1. The van der Waals surface area contributed by atoms with E-state index in [1.165, 1.54) is 26.0 Å². The summed E-state index contributed by atoms with van der Waals surface area (Å²) < 4.78 is 15.8. The van der Waals surface area contributed by atoms with Crippen molar-refractivity contribution >= 4 is 29.1 Å². The summed E-state index contributed by atoms with van der Waals surface area (Å²) >= 11 is 0. The predicted octanol–water partition coefficient (Wildman–Crippen LogP) is 4.26. The van der Waals surface area contributed by atoms with Crippen molar-refractivity contribution < 1.29 is 33.7 Å². The number of aliphatic hydroxyl groups excluding tert-OH is 1. The molecule has 0 spiro atoms. The molecule has 35 heavy (non-hydrogen) atoms. The number of nitrogens with zero attached hydrogens (tertiary/aromatic N) is 1. The molecule has 1 fully saturated rings. The summed E-state index contributed by atoms with van der Waals surface area (Å²) in [6.45, 7) is 1.28. The Kier molecular flexibility index (Phi) is 6.55. The normalized spacial score (nSPS) is 16.8. The third-order valence-corrected chi connectivity index (χ3v) is 5.59. The molecule has 1 aliphatic heterocycles. The summed E-state index contributed by atoms with van der Waals surface area (Å²) in [7, 11) is 2.97. The van der Waals surface area contributed by atoms with Crippen LogP contribution in [0.15, 0.2) is 78.4 Å². The number of esters is 1. The van der Waals surface area contributed by atoms with Crippen molar-refractivity contribution in [2.24, 2.45) is 0 Å². The first-order valence-electron chi connectivity index (χ1n) is 10.7. The van der Waals surface area contributed by atoms with E-state index in [9.17, 15) is 19.5 Å². The molecule has 0 bridgehead atoms. The van der Waals surface area contributed by atoms with Crippen LogP contribution in [0.4, 0.5) is 5.69 Å². The molecule has 1 aliphatic rings. The largest absolute Gasteiger partial charge is 0.507 e. The lowest BCUT2D eigenvalue weighted by Crippen LogP contribution is -2.29. The molecule has 0 saturated carbocycles. The summed E-state index contributed by atoms with van der Waals surface area (Å²) in [6.07, 6.45) is 0. The fourth-order valence-corrected chi connectivity index (χ4v) is 4.06. The lowest BCUT2D eigenvalue weighted by atomic mass is 9.94. The molecule has 3 aromatic carbocycles. The van der Waals surface area contributed by atoms with E-state index in [0.717, 1.165) is 0 Å². The maximum absolute atomic E-state index is 13.3. The van der Waals surface area contributed by atoms with Crippen LogP contribution < -0.4 is 19.1 Å². The molecule has 178 valence electrons. The second-order valence-electron chi connectivity index (χ2n) is 7.73. The number of amides is 1. The number of carbonyl (C=O) groups is 3. The summed E-state index contributed by atoms with van der Waals surface area (Å²) in [6, 6.07) is 18.8. The molecule has 0 aromatic heterocycles. The smallest absolute Gasteiger partial charge is 0.308 e. The third-order valence-electron chi connectivity index (χ3n) is 5.59. The molecule has 1 saturated heterocycles. The summed E-state index contributed by atoms with van der Waals surface area (Å²) in [4.78, 5) is 39.4. The van der Waals surface area contributed by atoms with Crippen molar-refractivity contribution in [2.75, 3.05) is 19.1 Å². The molecule has 1 unspecified atom stereocenters. The lowest BCUT2D eigenvalue weighted by molar-refractivity contribution is -0.132. The highest BCUT2D eigenvalue weighted by molar-refractivity contribution is 6.51. The molecule has 0 radical (unpaired) electrons. The standard InChI is InChI=1S/C27H23NO7/c1-16(29)35-20-8-6-7-17(15-20)24-23(25(30)21-9-4-5-10-22(21)34-3)26(31)27(32)28(24)18-11-13-19(33-2)14-12-18/h4-15,24,30H,1-3H3/b25-23-. The maximum atomic E-state index is 13.3. The zero-order chi connectivity index (χ0) is 25.1. The topological polar surface area (TPSA) is 102 Å². The van der Waals surface area contributed by atoms with E-state index in [2.05, 4.69) is 0 Å². The van der Waals surface area contributed by atoms with Gasteiger partial charge in [0.1, 0.15) is 23.0 Å². The van der Waals surface area contributed by atoms with E-state index < -0.39 is 23.7 Å². The van der Waals surface area contributed by atoms with Gasteiger partial charge in [-0.05, 0) is 54.1 Å². The van der Waals surface area contributed by atoms with E-state index >= 15 is 0 Å². The number of hydrogen-bond acceptors (Lipinski definition) is 7. The van der Waals surface area contributed by atoms with Gasteiger partial charge >= 0.3 is 5.97 Å². The Morgan fingerprint density at radius 2 is 1.60 bits per heavy atom. The Balaban J connectivity index is 1.95. The number of hydrogen-bond donors (Lipinski definition) is 1. The van der Waals surface area contributed by atoms with Crippen LogP contribution in [0.1, 0.15) is 24.1 Å². The van der Waals surface area contributed by atoms with Gasteiger partial charge in [-0.3, -0.25) is 19.3 Å². The highest BCUT2D eigenvalue weighted by atomic mass is 16.5. The van der Waals surface area contributed by atoms with Gasteiger partial charge in [0.05, 0.1) is 31.4 Å². The average molecular weight is 473 g/mol. The van der Waals surface area contributed by atoms with Crippen molar-refractivity contribution in [2.45, 2.75) is 13.0 Å². The van der Waals surface area contributed by atoms with Crippen LogP contribution in [0, 0.1) is 0 Å². The van der Waals surface area contributed by atoms with Crippen LogP contribution in [0.5, 0.6) is 17.2 Å². The van der Waals surface area contributed by atoms with Crippen LogP contribution >= 0.6 is 0 Å². The van der Waals surface area contributed by atoms with E-state index in [-0.39, 0.29) is 22.6 Å². The first-order chi connectivity index (χ1) is 16.8. The van der Waals surface area contributed by atoms with Gasteiger partial charge < -0.3 is 19.3 Å². The second-order valence-corrected chi connectivity index (χ2v) is 7.73. The Morgan fingerprint density at radius 3 is 2.26 bits per heavy atom. The van der Waals surface area contributed by atoms with E-state index in [0.29, 0.717) is 22.7 Å². The Bertz CT molecular complexity index is 1330. The van der Waals surface area contributed by atoms with Gasteiger partial charge in [-0.25, -0.2) is 0 Å². The average Bonchev–Trinajstić information content (AvgIpc) is 3.13. The van der Waals surface area contributed by atoms with Crippen LogP contribution in [0.2, 0.25) is 0 Å². The molecule has 1 atom stereocenters. The van der Waals surface area contributed by atoms with Gasteiger partial charge in [-0.1, -0.05) is 24.3 Å². The minimum Gasteiger partial charge on any atom is -0.507 e. The molecule has 1 heterocycles. The van der Waals surface area contributed by atoms with E-state index in [1.54, 1.807) is 72.8 Å². The van der Waals surface area contributed by atoms with Gasteiger partial charge in [0.25, 0.3) is 11.7 Å². The van der Waals surface area contributed by atoms with Crippen LogP contribution in [-0.2, 0) is 14.4 Å². The predicted molar refractivity (Wildman–Crippen MR) is 129 cm³/mol. The molecule has 8 nitrogen and oxygen atoms in total. The first kappa shape index (κ1) is 23.6. The second kappa shape index (κ2) is 9.72. The Hall–Kier alpha value is -4.59. The number of anilines is 1. The first-order valence-corrected chi connectivity index (χ1v) is 10.7. The van der Waals surface area contributed by atoms with Gasteiger partial charge in [-0.2, -0.15) is 0 Å². The highest BCUT2D eigenvalue weighted by Gasteiger charge is 2.47. The minimum atomic E-state index is -0.996. The van der Waals surface area contributed by atoms with Crippen LogP contribution in [-0.4, -0.2) is 37.0 Å². The minimum absolute atomic E-state index is 0.115. The van der Waals surface area contributed by atoms with E-state index in [4.69, 9.17) is 14.2 Å². The van der Waals surface area contributed by atoms with Gasteiger partial charge in [0, 0.05) is 12.6 Å². The van der Waals surface area contributed by atoms with Crippen molar-refractivity contribution in [3.05, 3.63) is 89.5 Å². The molecule has 3 aromatic rings. The fourth-order valence-electron chi connectivity index (χ4n) is 4.06. The lowest BCUT2D eigenvalue weighted by Gasteiger charge is -2.26. The highest BCUT2D eigenvalue weighted by Crippen LogP contribution is 2.44. The molecular weight excluding hydrogens is 450 g/mol. The summed E-state index contributed by atoms with van der Waals surface area (Å²) in [5.41, 5.74) is 1.05. The maximum Gasteiger partial charge on any atom is 0.308 e. The Morgan fingerprint density at radius 1 is 0.886 bits per heavy atom. The van der Waals surface area contributed by atoms with Crippen LogP contribution in [0.3, 0.4) is 0 Å². The zero-order valence-electron chi connectivity index (χ0n) is 19.3. The summed E-state index contributed by atoms with van der Waals surface area (Å²) in [5, 5.41) is 11.3. The Labute approximate surface area is 202 Å². The molecule has 1 amide bonds. The quantitative estimate of drug-likeness (QED) is 0.188. The molecule has 8 heteroatoms. The number of para-hydroxylation sites is 1. The SMILES string of the molecule is COc1ccc(N2C(=O)C(=O)/C(=C(\O)c3ccccc3OC)C2c2cccc(OC(C)=O)c2)cc1. The molecular formula is C27H23NO7. The van der Waals surface area contributed by atoms with E-state index in [1.807, 2.05) is 0 Å². The van der Waals surface area contributed by atoms with Gasteiger partial charge in [0.2, 0.25) is 0 Å². The number of Topliss-reactive ketones (excluding diaryl/α,β-unsaturated/α-hetero) is 1. The summed E-state index contributed by atoms with van der Waals surface area (Å²) in [5.74, 6) is -1.39. The number of methoxy groups -OCH3 is 2. The van der Waals surface area contributed by atoms with Crippen molar-refractivity contribution in [1.29, 1.82) is 0 Å². The number of ether oxygens (including phenoxy) is 3. The zero-order valence-corrected chi connectivity index (χ0v) is 19.3. The molecule has 0 aliphatic carbocycles. The molecule has 4 rings (SSSR count). The van der Waals surface area contributed by atoms with Crippen molar-refractivity contribution in [1.82, 2.24) is 0 Å². The monoisotopic (exact) mass is 473 g/mol.